The highest BCUT2D eigenvalue weighted by atomic mass is 16.5. The van der Waals surface area contributed by atoms with Crippen LogP contribution in [0.3, 0.4) is 0 Å². The molecular weight excluding hydrogens is 326 g/mol. The van der Waals surface area contributed by atoms with Crippen molar-refractivity contribution < 1.29 is 28.5 Å². The number of likely N-dealkylation sites (tertiary alicyclic amines) is 1. The fraction of sp³-hybridized carbons (Fsp3) is 0.556. The van der Waals surface area contributed by atoms with E-state index in [2.05, 4.69) is 0 Å². The summed E-state index contributed by atoms with van der Waals surface area (Å²) >= 11 is 0. The number of nitrogens with zero attached hydrogens (tertiary/aromatic N) is 1. The summed E-state index contributed by atoms with van der Waals surface area (Å²) in [5.41, 5.74) is 0.430. The van der Waals surface area contributed by atoms with Gasteiger partial charge in [0, 0.05) is 18.7 Å². The topological polar surface area (TPSA) is 74.3 Å². The zero-order valence-corrected chi connectivity index (χ0v) is 15.2. The predicted molar refractivity (Wildman–Crippen MR) is 91.4 cm³/mol. The Morgan fingerprint density at radius 2 is 1.76 bits per heavy atom. The summed E-state index contributed by atoms with van der Waals surface area (Å²) in [6.07, 6.45) is 1.50. The molecule has 1 aromatic rings. The van der Waals surface area contributed by atoms with Crippen molar-refractivity contribution in [2.24, 2.45) is 5.92 Å². The van der Waals surface area contributed by atoms with Crippen LogP contribution in [0.1, 0.15) is 30.1 Å². The van der Waals surface area contributed by atoms with Gasteiger partial charge in [-0.15, -0.1) is 0 Å². The quantitative estimate of drug-likeness (QED) is 0.731. The molecule has 1 aromatic carbocycles. The monoisotopic (exact) mass is 351 g/mol. The predicted octanol–water partition coefficient (Wildman–Crippen LogP) is 2.13. The molecule has 0 saturated carbocycles. The Bertz CT molecular complexity index is 605. The minimum absolute atomic E-state index is 0.173. The SMILES string of the molecule is CCOC(=O)[C@@H]1CCCN(C(=O)c2cc(OC)c(OC)c(OC)c2)C1. The number of hydrogen-bond acceptors (Lipinski definition) is 6. The highest BCUT2D eigenvalue weighted by Crippen LogP contribution is 2.38. The maximum Gasteiger partial charge on any atom is 0.310 e. The summed E-state index contributed by atoms with van der Waals surface area (Å²) < 4.78 is 21.0. The van der Waals surface area contributed by atoms with E-state index in [-0.39, 0.29) is 17.8 Å². The first-order chi connectivity index (χ1) is 12.0. The van der Waals surface area contributed by atoms with E-state index in [1.807, 2.05) is 0 Å². The molecule has 0 radical (unpaired) electrons. The number of rotatable bonds is 6. The third-order valence-corrected chi connectivity index (χ3v) is 4.24. The first-order valence-electron chi connectivity index (χ1n) is 8.31. The first kappa shape index (κ1) is 18.9. The zero-order chi connectivity index (χ0) is 18.4. The zero-order valence-electron chi connectivity index (χ0n) is 15.2. The van der Waals surface area contributed by atoms with E-state index in [4.69, 9.17) is 18.9 Å². The Labute approximate surface area is 147 Å². The van der Waals surface area contributed by atoms with Crippen molar-refractivity contribution in [3.63, 3.8) is 0 Å². The molecule has 25 heavy (non-hydrogen) atoms. The molecule has 0 unspecified atom stereocenters. The van der Waals surface area contributed by atoms with Gasteiger partial charge in [0.05, 0.1) is 33.9 Å². The molecule has 1 heterocycles. The van der Waals surface area contributed by atoms with Crippen LogP contribution in [0.25, 0.3) is 0 Å². The number of esters is 1. The first-order valence-corrected chi connectivity index (χ1v) is 8.31. The van der Waals surface area contributed by atoms with Gasteiger partial charge in [0.25, 0.3) is 5.91 Å². The Kier molecular flexibility index (Phi) is 6.50. The molecule has 7 heteroatoms. The van der Waals surface area contributed by atoms with E-state index in [0.717, 1.165) is 12.8 Å². The van der Waals surface area contributed by atoms with Crippen molar-refractivity contribution >= 4 is 11.9 Å². The van der Waals surface area contributed by atoms with Crippen LogP contribution in [-0.4, -0.2) is 57.8 Å². The highest BCUT2D eigenvalue weighted by molar-refractivity contribution is 5.96. The van der Waals surface area contributed by atoms with Crippen LogP contribution in [0.2, 0.25) is 0 Å². The normalized spacial score (nSPS) is 17.0. The average molecular weight is 351 g/mol. The maximum absolute atomic E-state index is 12.9. The van der Waals surface area contributed by atoms with E-state index in [1.54, 1.807) is 24.0 Å². The third kappa shape index (κ3) is 4.15. The van der Waals surface area contributed by atoms with Crippen molar-refractivity contribution in [2.45, 2.75) is 19.8 Å². The van der Waals surface area contributed by atoms with Crippen LogP contribution in [0.15, 0.2) is 12.1 Å². The maximum atomic E-state index is 12.9. The molecule has 0 aliphatic carbocycles. The van der Waals surface area contributed by atoms with Crippen molar-refractivity contribution in [3.8, 4) is 17.2 Å². The number of carbonyl (C=O) groups excluding carboxylic acids is 2. The molecule has 1 fully saturated rings. The summed E-state index contributed by atoms with van der Waals surface area (Å²) in [5.74, 6) is 0.579. The summed E-state index contributed by atoms with van der Waals surface area (Å²) in [4.78, 5) is 26.5. The molecule has 1 atom stereocenters. The lowest BCUT2D eigenvalue weighted by Crippen LogP contribution is -2.42. The lowest BCUT2D eigenvalue weighted by atomic mass is 9.97. The van der Waals surface area contributed by atoms with Gasteiger partial charge in [0.2, 0.25) is 5.75 Å². The smallest absolute Gasteiger partial charge is 0.310 e. The number of carbonyl (C=O) groups is 2. The van der Waals surface area contributed by atoms with Crippen molar-refractivity contribution in [2.75, 3.05) is 41.0 Å². The number of ether oxygens (including phenoxy) is 4. The Balaban J connectivity index is 2.23. The largest absolute Gasteiger partial charge is 0.493 e. The summed E-state index contributed by atoms with van der Waals surface area (Å²) in [6.45, 7) is 3.08. The van der Waals surface area contributed by atoms with E-state index < -0.39 is 0 Å². The van der Waals surface area contributed by atoms with Gasteiger partial charge in [-0.25, -0.2) is 0 Å². The van der Waals surface area contributed by atoms with Crippen LogP contribution in [0, 0.1) is 5.92 Å². The van der Waals surface area contributed by atoms with Gasteiger partial charge in [0.15, 0.2) is 11.5 Å². The van der Waals surface area contributed by atoms with E-state index >= 15 is 0 Å². The molecular formula is C18H25NO6. The second kappa shape index (κ2) is 8.60. The van der Waals surface area contributed by atoms with Crippen molar-refractivity contribution in [1.29, 1.82) is 0 Å². The minimum Gasteiger partial charge on any atom is -0.493 e. The second-order valence-corrected chi connectivity index (χ2v) is 5.76. The third-order valence-electron chi connectivity index (χ3n) is 4.24. The molecule has 0 spiro atoms. The molecule has 0 bridgehead atoms. The number of hydrogen-bond donors (Lipinski definition) is 0. The van der Waals surface area contributed by atoms with Gasteiger partial charge < -0.3 is 23.8 Å². The number of amides is 1. The van der Waals surface area contributed by atoms with Gasteiger partial charge in [-0.2, -0.15) is 0 Å². The molecule has 138 valence electrons. The van der Waals surface area contributed by atoms with Gasteiger partial charge >= 0.3 is 5.97 Å². The summed E-state index contributed by atoms with van der Waals surface area (Å²) in [5, 5.41) is 0. The van der Waals surface area contributed by atoms with Crippen LogP contribution in [0.5, 0.6) is 17.2 Å². The molecule has 2 rings (SSSR count). The van der Waals surface area contributed by atoms with Crippen LogP contribution >= 0.6 is 0 Å². The number of methoxy groups -OCH3 is 3. The molecule has 7 nitrogen and oxygen atoms in total. The number of piperidine rings is 1. The van der Waals surface area contributed by atoms with Crippen LogP contribution in [0.4, 0.5) is 0 Å². The standard InChI is InChI=1S/C18H25NO6/c1-5-25-18(21)12-7-6-8-19(11-12)17(20)13-9-14(22-2)16(24-4)15(10-13)23-3/h9-10,12H,5-8,11H2,1-4H3/t12-/m1/s1. The second-order valence-electron chi connectivity index (χ2n) is 5.76. The van der Waals surface area contributed by atoms with Crippen LogP contribution in [-0.2, 0) is 9.53 Å². The Morgan fingerprint density at radius 1 is 1.12 bits per heavy atom. The summed E-state index contributed by atoms with van der Waals surface area (Å²) in [7, 11) is 4.52. The molecule has 1 aliphatic rings. The van der Waals surface area contributed by atoms with E-state index in [0.29, 0.717) is 42.5 Å². The molecule has 1 amide bonds. The Hall–Kier alpha value is -2.44. The average Bonchev–Trinajstić information content (AvgIpc) is 2.66. The van der Waals surface area contributed by atoms with Crippen molar-refractivity contribution in [1.82, 2.24) is 4.90 Å². The number of benzene rings is 1. The van der Waals surface area contributed by atoms with Gasteiger partial charge in [-0.3, -0.25) is 9.59 Å². The lowest BCUT2D eigenvalue weighted by Gasteiger charge is -2.31. The van der Waals surface area contributed by atoms with Gasteiger partial charge in [0.1, 0.15) is 0 Å². The highest BCUT2D eigenvalue weighted by Gasteiger charge is 2.30. The van der Waals surface area contributed by atoms with Gasteiger partial charge in [-0.05, 0) is 31.9 Å². The molecule has 0 aromatic heterocycles. The van der Waals surface area contributed by atoms with E-state index in [9.17, 15) is 9.59 Å². The molecule has 1 aliphatic heterocycles. The summed E-state index contributed by atoms with van der Waals surface area (Å²) in [6, 6.07) is 3.25. The molecule has 1 saturated heterocycles. The molecule has 0 N–H and O–H groups in total. The lowest BCUT2D eigenvalue weighted by molar-refractivity contribution is -0.149. The Morgan fingerprint density at radius 3 is 2.28 bits per heavy atom. The fourth-order valence-corrected chi connectivity index (χ4v) is 3.00. The van der Waals surface area contributed by atoms with Gasteiger partial charge in [-0.1, -0.05) is 0 Å². The minimum atomic E-state index is -0.278. The van der Waals surface area contributed by atoms with Crippen molar-refractivity contribution in [3.05, 3.63) is 17.7 Å². The van der Waals surface area contributed by atoms with Crippen LogP contribution < -0.4 is 14.2 Å². The fourth-order valence-electron chi connectivity index (χ4n) is 3.00. The van der Waals surface area contributed by atoms with E-state index in [1.165, 1.54) is 21.3 Å².